The molecule has 0 atom stereocenters. The van der Waals surface area contributed by atoms with Gasteiger partial charge in [-0.25, -0.2) is 0 Å². The fraction of sp³-hybridized carbons (Fsp3) is 0.286. The molecule has 112 valence electrons. The molecular weight excluding hydrogens is 346 g/mol. The Morgan fingerprint density at radius 3 is 2.90 bits per heavy atom. The number of nitrogens with zero attached hydrogens (tertiary/aromatic N) is 2. The number of halogens is 3. The van der Waals surface area contributed by atoms with Gasteiger partial charge in [-0.1, -0.05) is 15.9 Å². The average Bonchev–Trinajstić information content (AvgIpc) is 2.44. The van der Waals surface area contributed by atoms with Crippen LogP contribution in [0, 0.1) is 11.3 Å². The Labute approximate surface area is 129 Å². The summed E-state index contributed by atoms with van der Waals surface area (Å²) in [4.78, 5) is 13.1. The molecule has 21 heavy (non-hydrogen) atoms. The maximum absolute atomic E-state index is 12.3. The van der Waals surface area contributed by atoms with E-state index in [0.717, 1.165) is 0 Å². The van der Waals surface area contributed by atoms with E-state index < -0.39 is 6.61 Å². The van der Waals surface area contributed by atoms with Gasteiger partial charge in [0, 0.05) is 29.7 Å². The van der Waals surface area contributed by atoms with E-state index in [9.17, 15) is 13.6 Å². The second kappa shape index (κ2) is 8.37. The van der Waals surface area contributed by atoms with Crippen LogP contribution in [-0.4, -0.2) is 31.0 Å². The Hall–Kier alpha value is -1.94. The van der Waals surface area contributed by atoms with Crippen molar-refractivity contribution in [2.75, 3.05) is 13.6 Å². The number of hydrogen-bond donors (Lipinski definition) is 0. The quantitative estimate of drug-likeness (QED) is 0.732. The van der Waals surface area contributed by atoms with E-state index in [1.807, 2.05) is 6.07 Å². The summed E-state index contributed by atoms with van der Waals surface area (Å²) < 4.78 is 29.7. The second-order valence-electron chi connectivity index (χ2n) is 4.06. The summed E-state index contributed by atoms with van der Waals surface area (Å²) in [5, 5.41) is 8.46. The molecule has 0 aliphatic heterocycles. The fourth-order valence-corrected chi connectivity index (χ4v) is 1.85. The van der Waals surface area contributed by atoms with Crippen LogP contribution in [0.25, 0.3) is 6.08 Å². The summed E-state index contributed by atoms with van der Waals surface area (Å²) in [6.07, 6.45) is 2.87. The number of amides is 1. The number of carbonyl (C=O) groups excluding carboxylic acids is 1. The smallest absolute Gasteiger partial charge is 0.387 e. The number of rotatable bonds is 6. The molecule has 7 heteroatoms. The van der Waals surface area contributed by atoms with Gasteiger partial charge in [-0.2, -0.15) is 14.0 Å². The maximum Gasteiger partial charge on any atom is 0.387 e. The highest BCUT2D eigenvalue weighted by Crippen LogP contribution is 2.26. The molecule has 0 bridgehead atoms. The first-order chi connectivity index (χ1) is 9.93. The second-order valence-corrected chi connectivity index (χ2v) is 4.98. The summed E-state index contributed by atoms with van der Waals surface area (Å²) in [5.74, 6) is -0.342. The number of carbonyl (C=O) groups is 1. The molecule has 0 N–H and O–H groups in total. The van der Waals surface area contributed by atoms with Crippen molar-refractivity contribution in [3.8, 4) is 11.8 Å². The van der Waals surface area contributed by atoms with Gasteiger partial charge in [-0.15, -0.1) is 0 Å². The zero-order valence-electron chi connectivity index (χ0n) is 11.2. The molecule has 1 amide bonds. The molecule has 0 aliphatic rings. The minimum absolute atomic E-state index is 0.0167. The lowest BCUT2D eigenvalue weighted by Crippen LogP contribution is -2.25. The molecule has 0 unspecified atom stereocenters. The van der Waals surface area contributed by atoms with Gasteiger partial charge in [0.1, 0.15) is 5.75 Å². The number of hydrogen-bond acceptors (Lipinski definition) is 3. The van der Waals surface area contributed by atoms with Crippen LogP contribution < -0.4 is 4.74 Å². The summed E-state index contributed by atoms with van der Waals surface area (Å²) in [7, 11) is 1.56. The highest BCUT2D eigenvalue weighted by Gasteiger charge is 2.09. The first-order valence-electron chi connectivity index (χ1n) is 5.98. The van der Waals surface area contributed by atoms with Crippen molar-refractivity contribution >= 4 is 27.9 Å². The Balaban J connectivity index is 2.85. The third-order valence-corrected chi connectivity index (χ3v) is 3.02. The maximum atomic E-state index is 12.3. The van der Waals surface area contributed by atoms with Gasteiger partial charge in [0.15, 0.2) is 0 Å². The molecule has 0 heterocycles. The van der Waals surface area contributed by atoms with Crippen LogP contribution >= 0.6 is 15.9 Å². The molecule has 0 aliphatic carbocycles. The topological polar surface area (TPSA) is 53.3 Å². The van der Waals surface area contributed by atoms with Gasteiger partial charge < -0.3 is 9.64 Å². The van der Waals surface area contributed by atoms with Gasteiger partial charge in [-0.3, -0.25) is 4.79 Å². The molecule has 0 spiro atoms. The van der Waals surface area contributed by atoms with Crippen LogP contribution in [0.15, 0.2) is 28.7 Å². The lowest BCUT2D eigenvalue weighted by atomic mass is 10.2. The van der Waals surface area contributed by atoms with E-state index in [1.54, 1.807) is 19.2 Å². The zero-order chi connectivity index (χ0) is 15.8. The first-order valence-corrected chi connectivity index (χ1v) is 6.78. The van der Waals surface area contributed by atoms with Crippen LogP contribution in [-0.2, 0) is 4.79 Å². The Kier molecular flexibility index (Phi) is 6.82. The normalized spacial score (nSPS) is 10.7. The SMILES string of the molecule is CN(CCC#N)C(=O)/C=C/c1cc(Br)ccc1OC(F)F. The van der Waals surface area contributed by atoms with Crippen LogP contribution in [0.1, 0.15) is 12.0 Å². The van der Waals surface area contributed by atoms with Gasteiger partial charge in [-0.05, 0) is 24.3 Å². The molecule has 0 fully saturated rings. The van der Waals surface area contributed by atoms with Crippen LogP contribution in [0.4, 0.5) is 8.78 Å². The standard InChI is InChI=1S/C14H13BrF2N2O2/c1-19(8-2-7-18)13(20)6-3-10-9-11(15)4-5-12(10)21-14(16)17/h3-6,9,14H,2,8H2,1H3/b6-3+. The van der Waals surface area contributed by atoms with Crippen molar-refractivity contribution < 1.29 is 18.3 Å². The Morgan fingerprint density at radius 2 is 2.29 bits per heavy atom. The van der Waals surface area contributed by atoms with Crippen LogP contribution in [0.2, 0.25) is 0 Å². The van der Waals surface area contributed by atoms with E-state index in [1.165, 1.54) is 23.1 Å². The van der Waals surface area contributed by atoms with E-state index in [4.69, 9.17) is 5.26 Å². The van der Waals surface area contributed by atoms with Gasteiger partial charge in [0.25, 0.3) is 0 Å². The number of likely N-dealkylation sites (N-methyl/N-ethyl adjacent to an activating group) is 1. The van der Waals surface area contributed by atoms with Crippen molar-refractivity contribution in [3.63, 3.8) is 0 Å². The molecule has 0 saturated heterocycles. The molecule has 1 aromatic rings. The Morgan fingerprint density at radius 1 is 1.57 bits per heavy atom. The minimum atomic E-state index is -2.94. The third-order valence-electron chi connectivity index (χ3n) is 2.53. The first kappa shape index (κ1) is 17.1. The lowest BCUT2D eigenvalue weighted by molar-refractivity contribution is -0.124. The fourth-order valence-electron chi connectivity index (χ4n) is 1.47. The van der Waals surface area contributed by atoms with E-state index >= 15 is 0 Å². The van der Waals surface area contributed by atoms with E-state index in [-0.39, 0.29) is 18.1 Å². The predicted octanol–water partition coefficient (Wildman–Crippen LogP) is 3.44. The molecule has 0 saturated carbocycles. The van der Waals surface area contributed by atoms with Crippen molar-refractivity contribution in [3.05, 3.63) is 34.3 Å². The van der Waals surface area contributed by atoms with Gasteiger partial charge in [0.2, 0.25) is 5.91 Å². The van der Waals surface area contributed by atoms with Crippen molar-refractivity contribution in [2.24, 2.45) is 0 Å². The van der Waals surface area contributed by atoms with Crippen molar-refractivity contribution in [1.29, 1.82) is 5.26 Å². The predicted molar refractivity (Wildman–Crippen MR) is 77.7 cm³/mol. The van der Waals surface area contributed by atoms with E-state index in [0.29, 0.717) is 16.6 Å². The van der Waals surface area contributed by atoms with Crippen LogP contribution in [0.3, 0.4) is 0 Å². The van der Waals surface area contributed by atoms with Crippen molar-refractivity contribution in [1.82, 2.24) is 4.90 Å². The monoisotopic (exact) mass is 358 g/mol. The molecule has 1 aromatic carbocycles. The molecule has 0 aromatic heterocycles. The minimum Gasteiger partial charge on any atom is -0.434 e. The van der Waals surface area contributed by atoms with Gasteiger partial charge in [0.05, 0.1) is 12.5 Å². The Bertz CT molecular complexity index is 571. The number of benzene rings is 1. The average molecular weight is 359 g/mol. The summed E-state index contributed by atoms with van der Waals surface area (Å²) >= 11 is 3.22. The molecule has 4 nitrogen and oxygen atoms in total. The van der Waals surface area contributed by atoms with Crippen molar-refractivity contribution in [2.45, 2.75) is 13.0 Å². The third kappa shape index (κ3) is 5.92. The molecular formula is C14H13BrF2N2O2. The van der Waals surface area contributed by atoms with Crippen LogP contribution in [0.5, 0.6) is 5.75 Å². The number of nitriles is 1. The molecule has 0 radical (unpaired) electrons. The summed E-state index contributed by atoms with van der Waals surface area (Å²) in [6.45, 7) is -2.63. The summed E-state index contributed by atoms with van der Waals surface area (Å²) in [5.41, 5.74) is 0.353. The highest BCUT2D eigenvalue weighted by atomic mass is 79.9. The van der Waals surface area contributed by atoms with Gasteiger partial charge >= 0.3 is 6.61 Å². The highest BCUT2D eigenvalue weighted by molar-refractivity contribution is 9.10. The molecule has 1 rings (SSSR count). The lowest BCUT2D eigenvalue weighted by Gasteiger charge is -2.12. The number of ether oxygens (including phenoxy) is 1. The largest absolute Gasteiger partial charge is 0.434 e. The summed E-state index contributed by atoms with van der Waals surface area (Å²) in [6, 6.07) is 6.46. The number of alkyl halides is 2. The zero-order valence-corrected chi connectivity index (χ0v) is 12.8. The van der Waals surface area contributed by atoms with E-state index in [2.05, 4.69) is 20.7 Å².